The number of hydrogen-bond acceptors (Lipinski definition) is 2. The van der Waals surface area contributed by atoms with Crippen molar-refractivity contribution >= 4 is 21.7 Å². The van der Waals surface area contributed by atoms with Crippen LogP contribution < -0.4 is 0 Å². The van der Waals surface area contributed by atoms with Gasteiger partial charge in [-0.1, -0.05) is 37.6 Å². The van der Waals surface area contributed by atoms with E-state index < -0.39 is 0 Å². The van der Waals surface area contributed by atoms with Crippen molar-refractivity contribution in [1.82, 2.24) is 9.97 Å². The van der Waals surface area contributed by atoms with Gasteiger partial charge in [-0.15, -0.1) is 70.9 Å². The Balaban J connectivity index is 0.000000175. The average molecular weight is 647 g/mol. The molecule has 1 radical (unpaired) electrons. The Kier molecular flexibility index (Phi) is 6.57. The van der Waals surface area contributed by atoms with Crippen molar-refractivity contribution in [2.45, 2.75) is 57.3 Å². The number of pyridine rings is 2. The summed E-state index contributed by atoms with van der Waals surface area (Å²) in [5.74, 6) is 0. The predicted molar refractivity (Wildman–Crippen MR) is 145 cm³/mol. The van der Waals surface area contributed by atoms with Crippen molar-refractivity contribution in [3.63, 3.8) is 0 Å². The second-order valence-electron chi connectivity index (χ2n) is 10.7. The maximum absolute atomic E-state index is 4.93. The maximum atomic E-state index is 4.93. The minimum atomic E-state index is 0. The molecule has 3 aliphatic carbocycles. The molecular weight excluding hydrogens is 617 g/mol. The molecule has 2 aromatic heterocycles. The SMILES string of the molecule is Cc1cc2c3c(cnc2c2[c-]cccc12)C1(C)CCC3(C)CC1.[Ir].[c-]1ccccc1-c1ccccn1. The molecule has 3 aliphatic rings. The molecule has 5 aromatic rings. The minimum absolute atomic E-state index is 0. The molecule has 0 amide bonds. The molecule has 0 spiro atoms. The smallest absolute Gasteiger partial charge is 0.0201 e. The van der Waals surface area contributed by atoms with Crippen molar-refractivity contribution in [3.05, 3.63) is 108 Å². The number of aryl methyl sites for hydroxylation is 1. The quantitative estimate of drug-likeness (QED) is 0.136. The third kappa shape index (κ3) is 4.09. The first-order valence-electron chi connectivity index (χ1n) is 12.6. The maximum Gasteiger partial charge on any atom is 0.0201 e. The number of hydrogen-bond donors (Lipinski definition) is 0. The van der Waals surface area contributed by atoms with Crippen molar-refractivity contribution in [2.75, 3.05) is 0 Å². The monoisotopic (exact) mass is 647 g/mol. The Morgan fingerprint density at radius 1 is 0.778 bits per heavy atom. The van der Waals surface area contributed by atoms with Crippen LogP contribution in [0.3, 0.4) is 0 Å². The Hall–Kier alpha value is -2.87. The number of benzene rings is 3. The third-order valence-corrected chi connectivity index (χ3v) is 8.36. The van der Waals surface area contributed by atoms with Crippen LogP contribution in [0.1, 0.15) is 56.2 Å². The summed E-state index contributed by atoms with van der Waals surface area (Å²) in [4.78, 5) is 9.15. The average Bonchev–Trinajstić information content (AvgIpc) is 2.91. The molecular formula is C33H30IrN2-2. The van der Waals surface area contributed by atoms with Crippen LogP contribution in [0.15, 0.2) is 79.1 Å². The molecule has 0 saturated heterocycles. The van der Waals surface area contributed by atoms with Gasteiger partial charge in [-0.25, -0.2) is 0 Å². The first-order chi connectivity index (χ1) is 17.0. The zero-order valence-electron chi connectivity index (χ0n) is 21.1. The zero-order valence-corrected chi connectivity index (χ0v) is 23.5. The van der Waals surface area contributed by atoms with Gasteiger partial charge in [-0.2, -0.15) is 0 Å². The Morgan fingerprint density at radius 3 is 2.25 bits per heavy atom. The van der Waals surface area contributed by atoms with Crippen LogP contribution in [0, 0.1) is 19.1 Å². The normalized spacial score (nSPS) is 21.9. The van der Waals surface area contributed by atoms with Crippen LogP contribution in [0.25, 0.3) is 32.9 Å². The van der Waals surface area contributed by atoms with Crippen LogP contribution in [-0.4, -0.2) is 9.97 Å². The van der Waals surface area contributed by atoms with Gasteiger partial charge in [0.15, 0.2) is 0 Å². The fraction of sp³-hybridized carbons (Fsp3) is 0.273. The second-order valence-corrected chi connectivity index (χ2v) is 10.7. The molecule has 183 valence electrons. The molecule has 8 rings (SSSR count). The van der Waals surface area contributed by atoms with E-state index in [4.69, 9.17) is 4.98 Å². The van der Waals surface area contributed by atoms with Gasteiger partial charge in [-0.05, 0) is 77.2 Å². The summed E-state index contributed by atoms with van der Waals surface area (Å²) in [6.45, 7) is 7.14. The van der Waals surface area contributed by atoms with Crippen molar-refractivity contribution in [2.24, 2.45) is 0 Å². The fourth-order valence-electron chi connectivity index (χ4n) is 6.18. The van der Waals surface area contributed by atoms with E-state index in [1.165, 1.54) is 53.0 Å². The van der Waals surface area contributed by atoms with Crippen LogP contribution >= 0.6 is 0 Å². The van der Waals surface area contributed by atoms with Crippen LogP contribution in [-0.2, 0) is 30.9 Å². The molecule has 1 fully saturated rings. The summed E-state index contributed by atoms with van der Waals surface area (Å²) in [5, 5.41) is 3.84. The number of aromatic nitrogens is 2. The Bertz CT molecular complexity index is 1480. The van der Waals surface area contributed by atoms with Gasteiger partial charge >= 0.3 is 0 Å². The van der Waals surface area contributed by atoms with Gasteiger partial charge in [0.1, 0.15) is 0 Å². The van der Waals surface area contributed by atoms with E-state index >= 15 is 0 Å². The summed E-state index contributed by atoms with van der Waals surface area (Å²) >= 11 is 0. The molecule has 0 atom stereocenters. The van der Waals surface area contributed by atoms with Gasteiger partial charge in [0, 0.05) is 32.5 Å². The molecule has 2 nitrogen and oxygen atoms in total. The summed E-state index contributed by atoms with van der Waals surface area (Å²) in [6, 6.07) is 28.9. The summed E-state index contributed by atoms with van der Waals surface area (Å²) in [5.41, 5.74) is 8.25. The molecule has 3 heteroatoms. The Morgan fingerprint density at radius 2 is 1.53 bits per heavy atom. The molecule has 2 heterocycles. The van der Waals surface area contributed by atoms with E-state index in [2.05, 4.69) is 62.3 Å². The molecule has 0 unspecified atom stereocenters. The molecule has 0 aliphatic heterocycles. The molecule has 36 heavy (non-hydrogen) atoms. The van der Waals surface area contributed by atoms with Gasteiger partial charge in [0.25, 0.3) is 0 Å². The van der Waals surface area contributed by atoms with Crippen LogP contribution in [0.2, 0.25) is 0 Å². The van der Waals surface area contributed by atoms with Gasteiger partial charge in [0.05, 0.1) is 0 Å². The summed E-state index contributed by atoms with van der Waals surface area (Å²) < 4.78 is 0. The molecule has 0 N–H and O–H groups in total. The van der Waals surface area contributed by atoms with E-state index in [9.17, 15) is 0 Å². The number of fused-ring (bicyclic) bond motifs is 5. The van der Waals surface area contributed by atoms with E-state index in [0.29, 0.717) is 10.8 Å². The minimum Gasteiger partial charge on any atom is -0.305 e. The topological polar surface area (TPSA) is 25.8 Å². The first kappa shape index (κ1) is 24.8. The van der Waals surface area contributed by atoms with E-state index in [0.717, 1.165) is 16.8 Å². The van der Waals surface area contributed by atoms with E-state index in [-0.39, 0.29) is 20.1 Å². The van der Waals surface area contributed by atoms with Gasteiger partial charge < -0.3 is 9.97 Å². The van der Waals surface area contributed by atoms with Gasteiger partial charge in [0.2, 0.25) is 0 Å². The molecule has 2 bridgehead atoms. The van der Waals surface area contributed by atoms with Gasteiger partial charge in [-0.3, -0.25) is 0 Å². The molecule has 1 saturated carbocycles. The molecule has 3 aromatic carbocycles. The number of rotatable bonds is 1. The van der Waals surface area contributed by atoms with Crippen molar-refractivity contribution in [3.8, 4) is 11.3 Å². The predicted octanol–water partition coefficient (Wildman–Crippen LogP) is 8.15. The van der Waals surface area contributed by atoms with E-state index in [1.54, 1.807) is 11.8 Å². The second kappa shape index (κ2) is 9.54. The summed E-state index contributed by atoms with van der Waals surface area (Å²) in [6.07, 6.45) is 9.21. The fourth-order valence-corrected chi connectivity index (χ4v) is 6.18. The summed E-state index contributed by atoms with van der Waals surface area (Å²) in [7, 11) is 0. The largest absolute Gasteiger partial charge is 0.305 e. The van der Waals surface area contributed by atoms with Crippen molar-refractivity contribution in [1.29, 1.82) is 0 Å². The van der Waals surface area contributed by atoms with E-state index in [1.807, 2.05) is 48.5 Å². The van der Waals surface area contributed by atoms with Crippen LogP contribution in [0.5, 0.6) is 0 Å². The van der Waals surface area contributed by atoms with Crippen LogP contribution in [0.4, 0.5) is 0 Å². The van der Waals surface area contributed by atoms with Crippen molar-refractivity contribution < 1.29 is 20.1 Å². The zero-order chi connectivity index (χ0) is 24.0. The number of nitrogens with zero attached hydrogens (tertiary/aromatic N) is 2. The standard InChI is InChI=1S/C22H22N.C11H8N.Ir/c1-14-12-17-19-18(21(2)8-10-22(19,3)11-9-21)13-23-20(17)16-7-5-4-6-15(14)16;1-2-6-10(7-3-1)11-8-4-5-9-12-11;/h4-6,12-13H,8-11H2,1-3H3;1-6,8-9H;/q2*-1;. The third-order valence-electron chi connectivity index (χ3n) is 8.36. The first-order valence-corrected chi connectivity index (χ1v) is 12.6. The Labute approximate surface area is 227 Å².